The van der Waals surface area contributed by atoms with Crippen LogP contribution < -0.4 is 5.32 Å². The van der Waals surface area contributed by atoms with Crippen molar-refractivity contribution in [3.05, 3.63) is 36.0 Å². The molecular weight excluding hydrogens is 272 g/mol. The minimum absolute atomic E-state index is 0.0153. The Morgan fingerprint density at radius 3 is 2.86 bits per heavy atom. The molecule has 1 aromatic heterocycles. The number of fused-ring (bicyclic) bond motifs is 1. The van der Waals surface area contributed by atoms with Gasteiger partial charge in [-0.15, -0.1) is 0 Å². The van der Waals surface area contributed by atoms with Crippen LogP contribution in [0.1, 0.15) is 10.4 Å². The summed E-state index contributed by atoms with van der Waals surface area (Å²) in [6.07, 6.45) is 1.36. The molecule has 2 aromatic rings. The molecule has 1 unspecified atom stereocenters. The predicted octanol–water partition coefficient (Wildman–Crippen LogP) is 1.76. The summed E-state index contributed by atoms with van der Waals surface area (Å²) in [4.78, 5) is 15.5. The molecule has 0 saturated carbocycles. The fourth-order valence-electron chi connectivity index (χ4n) is 2.37. The number of carboxylic acid groups (broad SMARTS) is 1. The minimum Gasteiger partial charge on any atom is -0.478 e. The first-order valence-corrected chi connectivity index (χ1v) is 6.80. The number of aromatic carboxylic acids is 1. The third kappa shape index (κ3) is 2.96. The maximum atomic E-state index is 11.2. The second kappa shape index (κ2) is 6.07. The van der Waals surface area contributed by atoms with Gasteiger partial charge in [0.05, 0.1) is 31.5 Å². The third-order valence-corrected chi connectivity index (χ3v) is 3.41. The number of anilines is 1. The molecular formula is C15H16N2O4. The van der Waals surface area contributed by atoms with Gasteiger partial charge in [0.1, 0.15) is 5.82 Å². The predicted molar refractivity (Wildman–Crippen MR) is 77.8 cm³/mol. The number of hydrogen-bond acceptors (Lipinski definition) is 5. The number of ether oxygens (including phenoxy) is 2. The molecule has 0 aliphatic carbocycles. The van der Waals surface area contributed by atoms with E-state index in [1.807, 2.05) is 18.2 Å². The van der Waals surface area contributed by atoms with E-state index in [0.29, 0.717) is 37.6 Å². The summed E-state index contributed by atoms with van der Waals surface area (Å²) in [7, 11) is 0. The van der Waals surface area contributed by atoms with Crippen LogP contribution in [0.25, 0.3) is 10.8 Å². The van der Waals surface area contributed by atoms with Crippen molar-refractivity contribution in [2.75, 3.05) is 31.7 Å². The largest absolute Gasteiger partial charge is 0.478 e. The maximum Gasteiger partial charge on any atom is 0.337 e. The van der Waals surface area contributed by atoms with Crippen molar-refractivity contribution < 1.29 is 19.4 Å². The Bertz CT molecular complexity index is 653. The van der Waals surface area contributed by atoms with Gasteiger partial charge >= 0.3 is 5.97 Å². The van der Waals surface area contributed by atoms with Gasteiger partial charge in [-0.25, -0.2) is 9.78 Å². The Morgan fingerprint density at radius 1 is 1.33 bits per heavy atom. The molecule has 21 heavy (non-hydrogen) atoms. The van der Waals surface area contributed by atoms with Crippen LogP contribution in [0.5, 0.6) is 0 Å². The first-order valence-electron chi connectivity index (χ1n) is 6.80. The van der Waals surface area contributed by atoms with Crippen molar-refractivity contribution in [3.63, 3.8) is 0 Å². The smallest absolute Gasteiger partial charge is 0.337 e. The van der Waals surface area contributed by atoms with Crippen LogP contribution in [0.4, 0.5) is 5.82 Å². The van der Waals surface area contributed by atoms with Gasteiger partial charge in [0.15, 0.2) is 0 Å². The Hall–Kier alpha value is -2.18. The highest BCUT2D eigenvalue weighted by atomic mass is 16.6. The lowest BCUT2D eigenvalue weighted by Crippen LogP contribution is -2.34. The lowest BCUT2D eigenvalue weighted by molar-refractivity contribution is -0.0819. The Kier molecular flexibility index (Phi) is 3.98. The summed E-state index contributed by atoms with van der Waals surface area (Å²) in [5, 5.41) is 13.9. The lowest BCUT2D eigenvalue weighted by Gasteiger charge is -2.23. The molecule has 110 valence electrons. The standard InChI is InChI=1S/C15H16N2O4/c18-15(19)13-8-17-14(12-4-2-1-3-11(12)13)16-7-10-9-20-5-6-21-10/h1-4,8,10H,5-7,9H2,(H,16,17)(H,18,19). The average Bonchev–Trinajstić information content (AvgIpc) is 2.53. The molecule has 2 heterocycles. The zero-order valence-electron chi connectivity index (χ0n) is 11.4. The highest BCUT2D eigenvalue weighted by Gasteiger charge is 2.16. The van der Waals surface area contributed by atoms with E-state index in [4.69, 9.17) is 9.47 Å². The number of hydrogen-bond donors (Lipinski definition) is 2. The van der Waals surface area contributed by atoms with Crippen molar-refractivity contribution in [2.45, 2.75) is 6.10 Å². The molecule has 1 aromatic carbocycles. The van der Waals surface area contributed by atoms with Crippen LogP contribution in [0.3, 0.4) is 0 Å². The van der Waals surface area contributed by atoms with Crippen LogP contribution >= 0.6 is 0 Å². The molecule has 1 fully saturated rings. The van der Waals surface area contributed by atoms with E-state index in [1.165, 1.54) is 6.20 Å². The summed E-state index contributed by atoms with van der Waals surface area (Å²) in [6, 6.07) is 7.32. The van der Waals surface area contributed by atoms with Crippen molar-refractivity contribution in [1.82, 2.24) is 4.98 Å². The van der Waals surface area contributed by atoms with E-state index in [-0.39, 0.29) is 11.7 Å². The topological polar surface area (TPSA) is 80.7 Å². The van der Waals surface area contributed by atoms with Crippen molar-refractivity contribution in [3.8, 4) is 0 Å². The number of carbonyl (C=O) groups is 1. The number of carboxylic acids is 1. The van der Waals surface area contributed by atoms with E-state index >= 15 is 0 Å². The van der Waals surface area contributed by atoms with E-state index in [9.17, 15) is 9.90 Å². The second-order valence-electron chi connectivity index (χ2n) is 4.82. The monoisotopic (exact) mass is 288 g/mol. The fraction of sp³-hybridized carbons (Fsp3) is 0.333. The molecule has 3 rings (SSSR count). The molecule has 6 nitrogen and oxygen atoms in total. The zero-order valence-corrected chi connectivity index (χ0v) is 11.4. The average molecular weight is 288 g/mol. The van der Waals surface area contributed by atoms with Crippen molar-refractivity contribution in [1.29, 1.82) is 0 Å². The molecule has 0 radical (unpaired) electrons. The van der Waals surface area contributed by atoms with E-state index in [2.05, 4.69) is 10.3 Å². The molecule has 6 heteroatoms. The molecule has 1 aliphatic rings. The SMILES string of the molecule is O=C(O)c1cnc(NCC2COCCO2)c2ccccc12. The maximum absolute atomic E-state index is 11.2. The Morgan fingerprint density at radius 2 is 2.14 bits per heavy atom. The van der Waals surface area contributed by atoms with Crippen LogP contribution in [-0.2, 0) is 9.47 Å². The van der Waals surface area contributed by atoms with Gasteiger partial charge in [0, 0.05) is 23.5 Å². The van der Waals surface area contributed by atoms with E-state index in [0.717, 1.165) is 5.39 Å². The molecule has 1 aliphatic heterocycles. The second-order valence-corrected chi connectivity index (χ2v) is 4.82. The molecule has 1 saturated heterocycles. The Balaban J connectivity index is 1.85. The molecule has 0 amide bonds. The number of nitrogens with one attached hydrogen (secondary N) is 1. The van der Waals surface area contributed by atoms with Gasteiger partial charge in [0.25, 0.3) is 0 Å². The van der Waals surface area contributed by atoms with E-state index in [1.54, 1.807) is 6.07 Å². The molecule has 0 bridgehead atoms. The minimum atomic E-state index is -0.978. The lowest BCUT2D eigenvalue weighted by atomic mass is 10.1. The Labute approximate surface area is 121 Å². The van der Waals surface area contributed by atoms with Gasteiger partial charge in [-0.3, -0.25) is 0 Å². The van der Waals surface area contributed by atoms with Crippen LogP contribution in [-0.4, -0.2) is 48.5 Å². The first kappa shape index (κ1) is 13.8. The van der Waals surface area contributed by atoms with Gasteiger partial charge in [0.2, 0.25) is 0 Å². The normalized spacial score (nSPS) is 18.6. The fourth-order valence-corrected chi connectivity index (χ4v) is 2.37. The number of aromatic nitrogens is 1. The highest BCUT2D eigenvalue weighted by molar-refractivity contribution is 6.06. The summed E-state index contributed by atoms with van der Waals surface area (Å²) >= 11 is 0. The van der Waals surface area contributed by atoms with Crippen molar-refractivity contribution >= 4 is 22.6 Å². The van der Waals surface area contributed by atoms with Gasteiger partial charge in [-0.05, 0) is 0 Å². The quantitative estimate of drug-likeness (QED) is 0.892. The number of benzene rings is 1. The van der Waals surface area contributed by atoms with E-state index < -0.39 is 5.97 Å². The summed E-state index contributed by atoms with van der Waals surface area (Å²) in [5.41, 5.74) is 0.202. The molecule has 1 atom stereocenters. The van der Waals surface area contributed by atoms with Crippen LogP contribution in [0.2, 0.25) is 0 Å². The summed E-state index contributed by atoms with van der Waals surface area (Å²) in [5.74, 6) is -0.320. The summed E-state index contributed by atoms with van der Waals surface area (Å²) in [6.45, 7) is 2.35. The number of nitrogens with zero attached hydrogens (tertiary/aromatic N) is 1. The van der Waals surface area contributed by atoms with Crippen LogP contribution in [0.15, 0.2) is 30.5 Å². The van der Waals surface area contributed by atoms with Crippen LogP contribution in [0, 0.1) is 0 Å². The van der Waals surface area contributed by atoms with Crippen molar-refractivity contribution in [2.24, 2.45) is 0 Å². The van der Waals surface area contributed by atoms with Gasteiger partial charge < -0.3 is 19.9 Å². The first-order chi connectivity index (χ1) is 10.3. The molecule has 0 spiro atoms. The highest BCUT2D eigenvalue weighted by Crippen LogP contribution is 2.24. The zero-order chi connectivity index (χ0) is 14.7. The third-order valence-electron chi connectivity index (χ3n) is 3.41. The number of pyridine rings is 1. The summed E-state index contributed by atoms with van der Waals surface area (Å²) < 4.78 is 10.9. The van der Waals surface area contributed by atoms with Gasteiger partial charge in [-0.1, -0.05) is 24.3 Å². The van der Waals surface area contributed by atoms with Gasteiger partial charge in [-0.2, -0.15) is 0 Å². The number of rotatable bonds is 4. The molecule has 2 N–H and O–H groups in total.